The lowest BCUT2D eigenvalue weighted by atomic mass is 9.93. The molecule has 2 unspecified atom stereocenters. The molecule has 0 radical (unpaired) electrons. The Bertz CT molecular complexity index is 702. The lowest BCUT2D eigenvalue weighted by Crippen LogP contribution is -2.22. The Labute approximate surface area is 254 Å². The van der Waals surface area contributed by atoms with Crippen LogP contribution in [0.3, 0.4) is 0 Å². The van der Waals surface area contributed by atoms with Gasteiger partial charge in [0.15, 0.2) is 12.6 Å². The number of esters is 2. The van der Waals surface area contributed by atoms with E-state index in [1.165, 1.54) is 27.1 Å². The van der Waals surface area contributed by atoms with E-state index in [2.05, 4.69) is 0 Å². The zero-order valence-corrected chi connectivity index (χ0v) is 26.5. The first-order valence-electron chi connectivity index (χ1n) is 16.7. The summed E-state index contributed by atoms with van der Waals surface area (Å²) in [6.45, 7) is 3.17. The summed E-state index contributed by atoms with van der Waals surface area (Å²) in [5, 5.41) is 0. The smallest absolute Gasteiger partial charge is 0.330 e. The molecule has 0 aromatic rings. The van der Waals surface area contributed by atoms with Crippen molar-refractivity contribution >= 4 is 11.9 Å². The van der Waals surface area contributed by atoms with Crippen molar-refractivity contribution in [3.8, 4) is 0 Å². The molecule has 0 aromatic heterocycles. The van der Waals surface area contributed by atoms with Crippen molar-refractivity contribution < 1.29 is 38.0 Å². The average Bonchev–Trinajstić information content (AvgIpc) is 3.02. The highest BCUT2D eigenvalue weighted by Crippen LogP contribution is 2.25. The highest BCUT2D eigenvalue weighted by Gasteiger charge is 2.15. The van der Waals surface area contributed by atoms with Crippen LogP contribution in [0.1, 0.15) is 128 Å². The normalized spacial score (nSPS) is 20.0. The van der Waals surface area contributed by atoms with E-state index >= 15 is 0 Å². The average molecular weight is 595 g/mol. The zero-order chi connectivity index (χ0) is 30.1. The molecule has 0 saturated carbocycles. The number of carbonyl (C=O) groups is 2. The lowest BCUT2D eigenvalue weighted by molar-refractivity contribution is -0.163. The molecule has 0 aromatic carbocycles. The molecule has 2 atom stereocenters. The fourth-order valence-corrected chi connectivity index (χ4v) is 5.42. The minimum Gasteiger partial charge on any atom is -0.466 e. The molecule has 8 heteroatoms. The molecule has 0 amide bonds. The number of carbonyl (C=O) groups excluding carboxylic acids is 2. The Morgan fingerprint density at radius 2 is 0.952 bits per heavy atom. The van der Waals surface area contributed by atoms with Gasteiger partial charge in [-0.2, -0.15) is 0 Å². The van der Waals surface area contributed by atoms with E-state index in [9.17, 15) is 9.59 Å². The Kier molecular flexibility index (Phi) is 21.4. The van der Waals surface area contributed by atoms with Gasteiger partial charge in [-0.05, 0) is 88.2 Å². The van der Waals surface area contributed by atoms with E-state index < -0.39 is 0 Å². The fraction of sp³-hybridized carbons (Fsp3) is 0.824. The molecule has 2 aliphatic heterocycles. The number of methoxy groups -OCH3 is 2. The van der Waals surface area contributed by atoms with Crippen LogP contribution < -0.4 is 0 Å². The minimum atomic E-state index is -0.386. The lowest BCUT2D eigenvalue weighted by Gasteiger charge is -2.22. The van der Waals surface area contributed by atoms with Crippen molar-refractivity contribution in [3.63, 3.8) is 0 Å². The highest BCUT2D eigenvalue weighted by atomic mass is 16.7. The van der Waals surface area contributed by atoms with Gasteiger partial charge in [0.2, 0.25) is 0 Å². The molecule has 2 aliphatic rings. The van der Waals surface area contributed by atoms with Crippen LogP contribution in [0.4, 0.5) is 0 Å². The molecule has 2 fully saturated rings. The van der Waals surface area contributed by atoms with Gasteiger partial charge in [-0.15, -0.1) is 0 Å². The third-order valence-electron chi connectivity index (χ3n) is 7.96. The highest BCUT2D eigenvalue weighted by molar-refractivity contribution is 5.86. The summed E-state index contributed by atoms with van der Waals surface area (Å²) in [7, 11) is 2.77. The predicted molar refractivity (Wildman–Crippen MR) is 164 cm³/mol. The molecule has 2 heterocycles. The van der Waals surface area contributed by atoms with E-state index in [1.54, 1.807) is 12.2 Å². The van der Waals surface area contributed by atoms with Crippen LogP contribution in [0.15, 0.2) is 23.3 Å². The maximum atomic E-state index is 12.2. The van der Waals surface area contributed by atoms with Crippen LogP contribution in [-0.2, 0) is 38.0 Å². The number of unbranched alkanes of at least 4 members (excludes halogenated alkanes) is 10. The number of ether oxygens (including phenoxy) is 6. The van der Waals surface area contributed by atoms with Gasteiger partial charge >= 0.3 is 11.9 Å². The molecule has 2 saturated heterocycles. The summed E-state index contributed by atoms with van der Waals surface area (Å²) < 4.78 is 32.7. The third-order valence-corrected chi connectivity index (χ3v) is 7.96. The third kappa shape index (κ3) is 18.0. The quantitative estimate of drug-likeness (QED) is 0.0514. The van der Waals surface area contributed by atoms with Gasteiger partial charge in [-0.3, -0.25) is 0 Å². The molecular weight excluding hydrogens is 536 g/mol. The van der Waals surface area contributed by atoms with E-state index in [0.717, 1.165) is 153 Å². The Balaban J connectivity index is 1.65. The van der Waals surface area contributed by atoms with Crippen molar-refractivity contribution in [1.29, 1.82) is 0 Å². The fourth-order valence-electron chi connectivity index (χ4n) is 5.42. The SMILES string of the molecule is COC(=O)C=C(CCCCCCCCOC1CCCCO1)C(=CC(=O)OC)CCCCCCCCOC1CCCCO1. The van der Waals surface area contributed by atoms with Gasteiger partial charge in [0.25, 0.3) is 0 Å². The molecular formula is C34H58O8. The van der Waals surface area contributed by atoms with Crippen molar-refractivity contribution in [1.82, 2.24) is 0 Å². The summed E-state index contributed by atoms with van der Waals surface area (Å²) in [5.74, 6) is -0.771. The summed E-state index contributed by atoms with van der Waals surface area (Å²) in [4.78, 5) is 24.3. The predicted octanol–water partition coefficient (Wildman–Crippen LogP) is 7.73. The summed E-state index contributed by atoms with van der Waals surface area (Å²) in [6, 6.07) is 0. The molecule has 42 heavy (non-hydrogen) atoms. The molecule has 0 spiro atoms. The van der Waals surface area contributed by atoms with E-state index in [1.807, 2.05) is 0 Å². The second kappa shape index (κ2) is 24.7. The van der Waals surface area contributed by atoms with Crippen LogP contribution in [-0.4, -0.2) is 65.2 Å². The van der Waals surface area contributed by atoms with Gasteiger partial charge < -0.3 is 28.4 Å². The van der Waals surface area contributed by atoms with Gasteiger partial charge in [-0.1, -0.05) is 51.4 Å². The summed E-state index contributed by atoms with van der Waals surface area (Å²) >= 11 is 0. The topological polar surface area (TPSA) is 89.5 Å². The number of rotatable bonds is 23. The van der Waals surface area contributed by atoms with E-state index in [0.29, 0.717) is 0 Å². The first kappa shape index (κ1) is 36.5. The van der Waals surface area contributed by atoms with Crippen LogP contribution in [0, 0.1) is 0 Å². The van der Waals surface area contributed by atoms with E-state index in [4.69, 9.17) is 28.4 Å². The Morgan fingerprint density at radius 3 is 1.31 bits per heavy atom. The first-order chi connectivity index (χ1) is 20.6. The second-order valence-corrected chi connectivity index (χ2v) is 11.5. The van der Waals surface area contributed by atoms with Gasteiger partial charge in [0.05, 0.1) is 14.2 Å². The summed E-state index contributed by atoms with van der Waals surface area (Å²) in [5.41, 5.74) is 1.77. The Hall–Kier alpha value is -1.74. The maximum absolute atomic E-state index is 12.2. The number of hydrogen-bond acceptors (Lipinski definition) is 8. The molecule has 2 rings (SSSR count). The van der Waals surface area contributed by atoms with Crippen molar-refractivity contribution in [2.24, 2.45) is 0 Å². The molecule has 0 aliphatic carbocycles. The van der Waals surface area contributed by atoms with Gasteiger partial charge in [-0.25, -0.2) is 9.59 Å². The van der Waals surface area contributed by atoms with Crippen LogP contribution in [0.5, 0.6) is 0 Å². The molecule has 0 N–H and O–H groups in total. The molecule has 8 nitrogen and oxygen atoms in total. The van der Waals surface area contributed by atoms with Gasteiger partial charge in [0, 0.05) is 38.6 Å². The van der Waals surface area contributed by atoms with E-state index in [-0.39, 0.29) is 24.5 Å². The second-order valence-electron chi connectivity index (χ2n) is 11.5. The maximum Gasteiger partial charge on any atom is 0.330 e. The standard InChI is InChI=1S/C34H58O8/c1-37-31(35)27-29(19-11-7-3-5-9-15-23-39-33-21-13-17-25-41-33)30(28-32(36)38-2)20-12-8-4-6-10-16-24-40-34-22-14-18-26-42-34/h27-28,33-34H,3-26H2,1-2H3. The van der Waals surface area contributed by atoms with Crippen LogP contribution >= 0.6 is 0 Å². The summed E-state index contributed by atoms with van der Waals surface area (Å²) in [6.07, 6.45) is 24.4. The zero-order valence-electron chi connectivity index (χ0n) is 26.5. The molecule has 0 bridgehead atoms. The Morgan fingerprint density at radius 1 is 0.571 bits per heavy atom. The minimum absolute atomic E-state index is 0.00211. The molecule has 242 valence electrons. The number of hydrogen-bond donors (Lipinski definition) is 0. The van der Waals surface area contributed by atoms with Crippen LogP contribution in [0.25, 0.3) is 0 Å². The monoisotopic (exact) mass is 594 g/mol. The largest absolute Gasteiger partial charge is 0.466 e. The van der Waals surface area contributed by atoms with Crippen molar-refractivity contribution in [3.05, 3.63) is 23.3 Å². The first-order valence-corrected chi connectivity index (χ1v) is 16.7. The van der Waals surface area contributed by atoms with Crippen LogP contribution in [0.2, 0.25) is 0 Å². The number of allylic oxidation sites excluding steroid dienone is 2. The van der Waals surface area contributed by atoms with Crippen molar-refractivity contribution in [2.45, 2.75) is 141 Å². The van der Waals surface area contributed by atoms with Gasteiger partial charge in [0.1, 0.15) is 0 Å². The van der Waals surface area contributed by atoms with Crippen molar-refractivity contribution in [2.75, 3.05) is 40.6 Å².